The zero-order valence-electron chi connectivity index (χ0n) is 17.6. The molecule has 7 nitrogen and oxygen atoms in total. The topological polar surface area (TPSA) is 110 Å². The highest BCUT2D eigenvalue weighted by atomic mass is 32.1. The van der Waals surface area contributed by atoms with Gasteiger partial charge in [0.25, 0.3) is 5.91 Å². The van der Waals surface area contributed by atoms with Crippen LogP contribution in [0.25, 0.3) is 0 Å². The number of hydrogen-bond donors (Lipinski definition) is 3. The Hall–Kier alpha value is -1.80. The average molecular weight is 401 g/mol. The van der Waals surface area contributed by atoms with Crippen molar-refractivity contribution < 1.29 is 14.4 Å². The van der Waals surface area contributed by atoms with Crippen molar-refractivity contribution in [1.29, 1.82) is 0 Å². The summed E-state index contributed by atoms with van der Waals surface area (Å²) in [6, 6.07) is -0.558. The predicted octanol–water partition coefficient (Wildman–Crippen LogP) is 2.79. The van der Waals surface area contributed by atoms with E-state index in [-0.39, 0.29) is 6.42 Å². The van der Waals surface area contributed by atoms with Crippen molar-refractivity contribution in [3.63, 3.8) is 0 Å². The smallest absolute Gasteiger partial charge is 0.252 e. The molecule has 8 heteroatoms. The van der Waals surface area contributed by atoms with Gasteiger partial charge in [0.05, 0.1) is 6.04 Å². The van der Waals surface area contributed by atoms with Gasteiger partial charge in [-0.15, -0.1) is 0 Å². The van der Waals surface area contributed by atoms with Crippen molar-refractivity contribution in [2.45, 2.75) is 67.3 Å². The summed E-state index contributed by atoms with van der Waals surface area (Å²) in [4.78, 5) is 36.4. The number of imide groups is 1. The van der Waals surface area contributed by atoms with Gasteiger partial charge in [0.1, 0.15) is 6.29 Å². The highest BCUT2D eigenvalue weighted by molar-refractivity contribution is 7.77. The van der Waals surface area contributed by atoms with Crippen LogP contribution in [0, 0.1) is 10.8 Å². The summed E-state index contributed by atoms with van der Waals surface area (Å²) >= 11 is 3.91. The van der Waals surface area contributed by atoms with Gasteiger partial charge in [0.2, 0.25) is 6.41 Å². The van der Waals surface area contributed by atoms with Crippen molar-refractivity contribution in [2.24, 2.45) is 22.4 Å². The second-order valence-electron chi connectivity index (χ2n) is 7.43. The van der Waals surface area contributed by atoms with E-state index >= 15 is 0 Å². The molecule has 0 radical (unpaired) electrons. The Morgan fingerprint density at radius 2 is 1.70 bits per heavy atom. The molecule has 1 atom stereocenters. The highest BCUT2D eigenvalue weighted by Gasteiger charge is 2.40. The predicted molar refractivity (Wildman–Crippen MR) is 113 cm³/mol. The molecule has 0 saturated heterocycles. The van der Waals surface area contributed by atoms with Crippen LogP contribution < -0.4 is 11.6 Å². The SMILES string of the molecule is C/C=C\C(=O)N(C=O)C(C/C(N)=C/N(N)S)C(C)(C)CC(C)(C)C=O.CC. The molecule has 0 rings (SSSR count). The first-order chi connectivity index (χ1) is 12.4. The number of thiol groups is 1. The number of carbonyl (C=O) groups is 3. The summed E-state index contributed by atoms with van der Waals surface area (Å²) in [5.74, 6) is 5.01. The van der Waals surface area contributed by atoms with Gasteiger partial charge in [-0.3, -0.25) is 18.9 Å². The van der Waals surface area contributed by atoms with E-state index < -0.39 is 22.8 Å². The van der Waals surface area contributed by atoms with Gasteiger partial charge >= 0.3 is 0 Å². The van der Waals surface area contributed by atoms with Gasteiger partial charge in [-0.2, -0.15) is 0 Å². The summed E-state index contributed by atoms with van der Waals surface area (Å²) in [6.07, 6.45) is 6.32. The lowest BCUT2D eigenvalue weighted by Gasteiger charge is -2.42. The van der Waals surface area contributed by atoms with Crippen molar-refractivity contribution in [2.75, 3.05) is 0 Å². The van der Waals surface area contributed by atoms with E-state index in [1.165, 1.54) is 12.3 Å². The van der Waals surface area contributed by atoms with Gasteiger partial charge in [-0.25, -0.2) is 5.84 Å². The van der Waals surface area contributed by atoms with E-state index in [0.29, 0.717) is 18.5 Å². The summed E-state index contributed by atoms with van der Waals surface area (Å²) in [6.45, 7) is 13.1. The molecule has 0 aromatic heterocycles. The first kappa shape index (κ1) is 27.4. The molecule has 0 aliphatic heterocycles. The fourth-order valence-electron chi connectivity index (χ4n) is 3.04. The van der Waals surface area contributed by atoms with E-state index in [9.17, 15) is 14.4 Å². The van der Waals surface area contributed by atoms with Crippen LogP contribution >= 0.6 is 12.8 Å². The summed E-state index contributed by atoms with van der Waals surface area (Å²) in [7, 11) is 0. The fraction of sp³-hybridized carbons (Fsp3) is 0.632. The summed E-state index contributed by atoms with van der Waals surface area (Å²) in [5, 5.41) is 0. The third-order valence-electron chi connectivity index (χ3n) is 3.87. The van der Waals surface area contributed by atoms with E-state index in [1.807, 2.05) is 41.5 Å². The number of allylic oxidation sites excluding steroid dienone is 1. The van der Waals surface area contributed by atoms with Crippen LogP contribution in [0.1, 0.15) is 61.3 Å². The van der Waals surface area contributed by atoms with Crippen LogP contribution in [-0.2, 0) is 14.4 Å². The third kappa shape index (κ3) is 10.2. The average Bonchev–Trinajstić information content (AvgIpc) is 2.55. The maximum atomic E-state index is 12.3. The van der Waals surface area contributed by atoms with Crippen LogP contribution in [0.4, 0.5) is 0 Å². The first-order valence-electron chi connectivity index (χ1n) is 8.95. The Morgan fingerprint density at radius 1 is 1.19 bits per heavy atom. The van der Waals surface area contributed by atoms with Crippen molar-refractivity contribution in [1.82, 2.24) is 9.31 Å². The lowest BCUT2D eigenvalue weighted by Crippen LogP contribution is -2.49. The number of nitrogens with two attached hydrogens (primary N) is 2. The quantitative estimate of drug-likeness (QED) is 0.171. The van der Waals surface area contributed by atoms with Crippen LogP contribution in [0.15, 0.2) is 24.0 Å². The van der Waals surface area contributed by atoms with Crippen molar-refractivity contribution in [3.8, 4) is 0 Å². The molecule has 4 N–H and O–H groups in total. The van der Waals surface area contributed by atoms with Gasteiger partial charge in [-0.05, 0) is 24.8 Å². The number of rotatable bonds is 10. The monoisotopic (exact) mass is 400 g/mol. The molecule has 0 aromatic rings. The molecule has 2 amide bonds. The maximum Gasteiger partial charge on any atom is 0.252 e. The Balaban J connectivity index is 0. The van der Waals surface area contributed by atoms with Crippen molar-refractivity contribution >= 4 is 31.4 Å². The molecular formula is C19H36N4O3S. The highest BCUT2D eigenvalue weighted by Crippen LogP contribution is 2.39. The molecule has 0 heterocycles. The molecule has 0 aliphatic carbocycles. The summed E-state index contributed by atoms with van der Waals surface area (Å²) in [5.41, 5.74) is 5.16. The largest absolute Gasteiger partial charge is 0.401 e. The van der Waals surface area contributed by atoms with E-state index in [1.54, 1.807) is 13.0 Å². The second kappa shape index (κ2) is 12.6. The Morgan fingerprint density at radius 3 is 2.07 bits per heavy atom. The molecule has 1 unspecified atom stereocenters. The Kier molecular flexibility index (Phi) is 12.8. The number of carbonyl (C=O) groups excluding carboxylic acids is 3. The number of aldehydes is 1. The molecule has 0 aromatic carbocycles. The van der Waals surface area contributed by atoms with E-state index in [4.69, 9.17) is 11.6 Å². The number of hydrogen-bond acceptors (Lipinski definition) is 7. The fourth-order valence-corrected chi connectivity index (χ4v) is 3.19. The van der Waals surface area contributed by atoms with Crippen LogP contribution in [0.5, 0.6) is 0 Å². The normalized spacial score (nSPS) is 13.4. The second-order valence-corrected chi connectivity index (χ2v) is 7.89. The Bertz CT molecular complexity index is 543. The Labute approximate surface area is 169 Å². The lowest BCUT2D eigenvalue weighted by atomic mass is 9.70. The van der Waals surface area contributed by atoms with Gasteiger partial charge in [0, 0.05) is 23.7 Å². The minimum atomic E-state index is -0.609. The number of hydrazine groups is 1. The maximum absolute atomic E-state index is 12.3. The van der Waals surface area contributed by atoms with E-state index in [0.717, 1.165) is 15.6 Å². The molecule has 0 spiro atoms. The van der Waals surface area contributed by atoms with Gasteiger partial charge < -0.3 is 10.5 Å². The molecule has 0 saturated carbocycles. The minimum absolute atomic E-state index is 0.207. The molecule has 0 aliphatic rings. The standard InChI is InChI=1S/C17H30N4O3S.C2H6/c1-6-7-15(24)20(12-23)14(8-13(18)9-21(19)25)17(4,5)10-16(2,3)11-22;1-2/h6-7,9,11-12,14,25H,8,10,18-19H2,1-5H3;1-2H3/b7-6-,13-9-;. The zero-order chi connectivity index (χ0) is 21.8. The third-order valence-corrected chi connectivity index (χ3v) is 3.99. The minimum Gasteiger partial charge on any atom is -0.401 e. The summed E-state index contributed by atoms with van der Waals surface area (Å²) < 4.78 is 1.01. The molecule has 27 heavy (non-hydrogen) atoms. The van der Waals surface area contributed by atoms with Crippen LogP contribution in [0.3, 0.4) is 0 Å². The van der Waals surface area contributed by atoms with Gasteiger partial charge in [-0.1, -0.05) is 60.4 Å². The number of nitrogens with zero attached hydrogens (tertiary/aromatic N) is 2. The first-order valence-corrected chi connectivity index (χ1v) is 9.35. The van der Waals surface area contributed by atoms with Crippen molar-refractivity contribution in [3.05, 3.63) is 24.0 Å². The molecule has 0 fully saturated rings. The van der Waals surface area contributed by atoms with E-state index in [2.05, 4.69) is 12.8 Å². The van der Waals surface area contributed by atoms with Gasteiger partial charge in [0.15, 0.2) is 0 Å². The van der Waals surface area contributed by atoms with Crippen LogP contribution in [-0.4, -0.2) is 34.0 Å². The molecular weight excluding hydrogens is 364 g/mol. The lowest BCUT2D eigenvalue weighted by molar-refractivity contribution is -0.140. The molecule has 156 valence electrons. The number of amides is 2. The zero-order valence-corrected chi connectivity index (χ0v) is 18.5. The van der Waals surface area contributed by atoms with Crippen LogP contribution in [0.2, 0.25) is 0 Å². The molecule has 0 bridgehead atoms.